The van der Waals surface area contributed by atoms with Crippen LogP contribution in [0, 0.1) is 17.1 Å². The number of methoxy groups -OCH3 is 1. The predicted molar refractivity (Wildman–Crippen MR) is 284 cm³/mol. The molecule has 3 aliphatic heterocycles. The quantitative estimate of drug-likeness (QED) is 0.0861. The number of nitrogens with one attached hydrogen (secondary N) is 1. The van der Waals surface area contributed by atoms with Gasteiger partial charge < -0.3 is 49.4 Å². The smallest absolute Gasteiger partial charge is 0.326 e. The molecule has 5 heterocycles. The van der Waals surface area contributed by atoms with E-state index in [1.165, 1.54) is 29.3 Å². The number of aliphatic imine (C=N–C) groups is 1. The van der Waals surface area contributed by atoms with Gasteiger partial charge in [0, 0.05) is 79.2 Å². The van der Waals surface area contributed by atoms with Crippen molar-refractivity contribution in [3.05, 3.63) is 117 Å². The Morgan fingerprint density at radius 3 is 2.45 bits per heavy atom. The standard InChI is InChI=1S/C55H63ClFN11O9/c1-7-43-51(35-8-10-37(56)11-9-35)68(53(62-43)41-15-13-39(73-6)28-46(41)76-33(2)3)55(72)66-20-19-65(49(70)32-66)21-23-75-25-24-74-22-16-48(69)60-17-18-67-45-31-64(5)54(71)40-14-12-38(57)27-42(40)34(4)77-47-26-36(30-61-52(47)59)50(45)44(29-58)63-67/h8-15,26-28,30,33-34,43,51H,7,16-25,31-32H2,1-6H3,(H2,59,61)(H,60,69)/t34-,43-,51+/m1/s1. The molecule has 22 heteroatoms. The molecule has 3 atom stereocenters. The van der Waals surface area contributed by atoms with E-state index < -0.39 is 23.9 Å². The molecule has 5 aromatic rings. The number of nitrogen functional groups attached to an aromatic ring is 1. The van der Waals surface area contributed by atoms with Gasteiger partial charge in [0.1, 0.15) is 41.9 Å². The van der Waals surface area contributed by atoms with Crippen LogP contribution in [0.1, 0.15) is 91.1 Å². The zero-order valence-corrected chi connectivity index (χ0v) is 44.7. The summed E-state index contributed by atoms with van der Waals surface area (Å²) in [5, 5.41) is 18.2. The van der Waals surface area contributed by atoms with Crippen LogP contribution in [0.4, 0.5) is 15.0 Å². The van der Waals surface area contributed by atoms with Crippen LogP contribution < -0.4 is 25.3 Å². The number of hydrogen-bond donors (Lipinski definition) is 2. The predicted octanol–water partition coefficient (Wildman–Crippen LogP) is 6.80. The molecule has 2 bridgehead atoms. The first kappa shape index (κ1) is 55.4. The van der Waals surface area contributed by atoms with Crippen LogP contribution in [0.15, 0.2) is 77.9 Å². The maximum absolute atomic E-state index is 14.8. The highest BCUT2D eigenvalue weighted by atomic mass is 35.5. The fourth-order valence-electron chi connectivity index (χ4n) is 9.56. The van der Waals surface area contributed by atoms with Gasteiger partial charge in [0.25, 0.3) is 5.91 Å². The van der Waals surface area contributed by atoms with Gasteiger partial charge in [0.15, 0.2) is 17.3 Å². The van der Waals surface area contributed by atoms with Gasteiger partial charge in [-0.2, -0.15) is 10.4 Å². The molecule has 20 nitrogen and oxygen atoms in total. The van der Waals surface area contributed by atoms with Gasteiger partial charge in [-0.15, -0.1) is 0 Å². The first-order valence-corrected chi connectivity index (χ1v) is 25.9. The Morgan fingerprint density at radius 2 is 1.74 bits per heavy atom. The average molecular weight is 1080 g/mol. The fourth-order valence-corrected chi connectivity index (χ4v) is 9.68. The summed E-state index contributed by atoms with van der Waals surface area (Å²) >= 11 is 6.29. The number of pyridine rings is 1. The number of fused-ring (bicyclic) bond motifs is 5. The van der Waals surface area contributed by atoms with Crippen LogP contribution >= 0.6 is 11.6 Å². The van der Waals surface area contributed by atoms with Crippen molar-refractivity contribution in [3.63, 3.8) is 0 Å². The number of carbonyl (C=O) groups is 4. The summed E-state index contributed by atoms with van der Waals surface area (Å²) in [7, 11) is 3.17. The molecule has 0 unspecified atom stereocenters. The molecular formula is C55H63ClFN11O9. The zero-order chi connectivity index (χ0) is 54.9. The summed E-state index contributed by atoms with van der Waals surface area (Å²) in [4.78, 5) is 70.9. The Morgan fingerprint density at radius 1 is 0.987 bits per heavy atom. The lowest BCUT2D eigenvalue weighted by Crippen LogP contribution is -2.57. The normalized spacial score (nSPS) is 17.5. The topological polar surface area (TPSA) is 232 Å². The third-order valence-corrected chi connectivity index (χ3v) is 13.7. The monoisotopic (exact) mass is 1080 g/mol. The SMILES string of the molecule is CC[C@H]1N=C(c2ccc(OC)cc2OC(C)C)N(C(=O)N2CCN(CCOCCOCCC(=O)NCCn3nc(C#N)c4c3CN(C)C(=O)c3ccc(F)cc3[C@@H](C)Oc3cc-4cnc3N)C(=O)C2)[C@H]1c1ccc(Cl)cc1. The summed E-state index contributed by atoms with van der Waals surface area (Å²) in [5.41, 5.74) is 9.71. The van der Waals surface area contributed by atoms with Crippen LogP contribution in [0.3, 0.4) is 0 Å². The lowest BCUT2D eigenvalue weighted by atomic mass is 9.97. The molecule has 0 aliphatic carbocycles. The van der Waals surface area contributed by atoms with Gasteiger partial charge in [-0.25, -0.2) is 14.2 Å². The highest BCUT2D eigenvalue weighted by Gasteiger charge is 2.44. The second-order valence-electron chi connectivity index (χ2n) is 19.0. The Labute approximate surface area is 451 Å². The second kappa shape index (κ2) is 24.9. The van der Waals surface area contributed by atoms with Gasteiger partial charge in [0.05, 0.1) is 76.1 Å². The number of nitrogens with two attached hydrogens (primary N) is 1. The molecule has 8 rings (SSSR count). The van der Waals surface area contributed by atoms with Gasteiger partial charge >= 0.3 is 6.03 Å². The van der Waals surface area contributed by atoms with E-state index in [1.54, 1.807) is 64.7 Å². The molecule has 3 N–H and O–H groups in total. The molecule has 3 aliphatic rings. The molecule has 1 fully saturated rings. The minimum Gasteiger partial charge on any atom is -0.497 e. The molecule has 0 saturated carbocycles. The van der Waals surface area contributed by atoms with E-state index >= 15 is 0 Å². The highest BCUT2D eigenvalue weighted by molar-refractivity contribution is 6.30. The van der Waals surface area contributed by atoms with Crippen LogP contribution in [0.25, 0.3) is 11.1 Å². The molecular weight excluding hydrogens is 1010 g/mol. The summed E-state index contributed by atoms with van der Waals surface area (Å²) in [5.74, 6) is 0.385. The molecule has 77 heavy (non-hydrogen) atoms. The Kier molecular flexibility index (Phi) is 17.9. The number of urea groups is 1. The Hall–Kier alpha value is -7.80. The van der Waals surface area contributed by atoms with Crippen molar-refractivity contribution in [1.29, 1.82) is 5.26 Å². The van der Waals surface area contributed by atoms with Crippen LogP contribution in [0.5, 0.6) is 17.2 Å². The molecule has 3 aromatic carbocycles. The number of ether oxygens (including phenoxy) is 5. The number of halogens is 2. The minimum atomic E-state index is -0.777. The minimum absolute atomic E-state index is 0.0112. The number of aromatic nitrogens is 3. The first-order valence-electron chi connectivity index (χ1n) is 25.5. The number of carbonyl (C=O) groups excluding carboxylic acids is 4. The highest BCUT2D eigenvalue weighted by Crippen LogP contribution is 2.41. The summed E-state index contributed by atoms with van der Waals surface area (Å²) < 4.78 is 45.4. The summed E-state index contributed by atoms with van der Waals surface area (Å²) in [6.07, 6.45) is 1.25. The molecule has 1 saturated heterocycles. The van der Waals surface area contributed by atoms with E-state index in [0.717, 1.165) is 5.56 Å². The lowest BCUT2D eigenvalue weighted by molar-refractivity contribution is -0.135. The van der Waals surface area contributed by atoms with Crippen LogP contribution in [-0.2, 0) is 32.2 Å². The number of amides is 5. The third-order valence-electron chi connectivity index (χ3n) is 13.4. The van der Waals surface area contributed by atoms with Crippen molar-refractivity contribution in [2.45, 2.75) is 77.9 Å². The van der Waals surface area contributed by atoms with Crippen molar-refractivity contribution >= 4 is 47.0 Å². The van der Waals surface area contributed by atoms with E-state index in [9.17, 15) is 28.8 Å². The number of amidine groups is 1. The van der Waals surface area contributed by atoms with Crippen LogP contribution in [0.2, 0.25) is 5.02 Å². The van der Waals surface area contributed by atoms with E-state index in [-0.39, 0.29) is 112 Å². The van der Waals surface area contributed by atoms with Crippen molar-refractivity contribution in [2.75, 3.05) is 79.0 Å². The number of piperazine rings is 1. The van der Waals surface area contributed by atoms with Gasteiger partial charge in [0.2, 0.25) is 11.8 Å². The van der Waals surface area contributed by atoms with E-state index in [4.69, 9.17) is 46.0 Å². The maximum atomic E-state index is 14.8. The van der Waals surface area contributed by atoms with Crippen molar-refractivity contribution in [2.24, 2.45) is 4.99 Å². The summed E-state index contributed by atoms with van der Waals surface area (Å²) in [6, 6.07) is 19.4. The first-order chi connectivity index (χ1) is 37.1. The van der Waals surface area contributed by atoms with E-state index in [2.05, 4.69) is 21.5 Å². The number of nitrogens with zero attached hydrogens (tertiary/aromatic N) is 9. The zero-order valence-electron chi connectivity index (χ0n) is 44.0. The Bertz CT molecular complexity index is 3060. The fraction of sp³-hybridized carbons (Fsp3) is 0.418. The molecule has 2 aromatic heterocycles. The van der Waals surface area contributed by atoms with Gasteiger partial charge in [-0.05, 0) is 81.3 Å². The van der Waals surface area contributed by atoms with Crippen molar-refractivity contribution < 1.29 is 47.3 Å². The molecule has 0 spiro atoms. The number of hydrogen-bond acceptors (Lipinski definition) is 14. The molecule has 406 valence electrons. The number of benzene rings is 3. The molecule has 5 amide bonds. The van der Waals surface area contributed by atoms with Gasteiger partial charge in [-0.1, -0.05) is 30.7 Å². The second-order valence-corrected chi connectivity index (χ2v) is 19.4. The molecule has 0 radical (unpaired) electrons. The maximum Gasteiger partial charge on any atom is 0.326 e. The largest absolute Gasteiger partial charge is 0.497 e. The van der Waals surface area contributed by atoms with Crippen molar-refractivity contribution in [1.82, 2.24) is 39.7 Å². The van der Waals surface area contributed by atoms with Gasteiger partial charge in [-0.3, -0.25) is 29.0 Å². The lowest BCUT2D eigenvalue weighted by Gasteiger charge is -2.38. The van der Waals surface area contributed by atoms with Crippen LogP contribution in [-0.4, -0.2) is 149 Å². The van der Waals surface area contributed by atoms with Crippen molar-refractivity contribution in [3.8, 4) is 34.4 Å². The Balaban J connectivity index is 0.805. The average Bonchev–Trinajstić information content (AvgIpc) is 4.08. The summed E-state index contributed by atoms with van der Waals surface area (Å²) in [6.45, 7) is 9.45. The number of anilines is 1. The number of rotatable bonds is 18. The number of nitriles is 1. The van der Waals surface area contributed by atoms with E-state index in [1.807, 2.05) is 45.0 Å². The van der Waals surface area contributed by atoms with E-state index in [0.29, 0.717) is 76.4 Å². The third kappa shape index (κ3) is 12.7.